The molecule has 1 amide bonds. The molecule has 1 aromatic carbocycles. The van der Waals surface area contributed by atoms with Gasteiger partial charge in [0.1, 0.15) is 16.8 Å². The maximum absolute atomic E-state index is 15.2. The van der Waals surface area contributed by atoms with Crippen molar-refractivity contribution in [3.8, 4) is 17.2 Å². The molecule has 0 N–H and O–H groups in total. The molecule has 4 rings (SSSR count). The zero-order valence-corrected chi connectivity index (χ0v) is 18.8. The Morgan fingerprint density at radius 2 is 2.16 bits per heavy atom. The van der Waals surface area contributed by atoms with Crippen molar-refractivity contribution in [1.29, 1.82) is 5.26 Å². The maximum atomic E-state index is 15.2. The van der Waals surface area contributed by atoms with E-state index in [1.807, 2.05) is 0 Å². The van der Waals surface area contributed by atoms with Crippen molar-refractivity contribution in [2.24, 2.45) is 0 Å². The number of nitrogens with zero attached hydrogens (tertiary/aromatic N) is 4. The Morgan fingerprint density at radius 3 is 2.78 bits per heavy atom. The predicted octanol–water partition coefficient (Wildman–Crippen LogP) is 3.03. The van der Waals surface area contributed by atoms with E-state index in [4.69, 9.17) is 0 Å². The molecule has 1 atom stereocenters. The van der Waals surface area contributed by atoms with E-state index in [1.54, 1.807) is 23.6 Å². The second-order valence-electron chi connectivity index (χ2n) is 7.12. The molecule has 0 spiro atoms. The summed E-state index contributed by atoms with van der Waals surface area (Å²) in [5, 5.41) is 14.0. The van der Waals surface area contributed by atoms with E-state index in [0.29, 0.717) is 10.1 Å². The number of thiophene rings is 1. The van der Waals surface area contributed by atoms with Crippen molar-refractivity contribution in [2.45, 2.75) is 26.2 Å². The first-order valence-corrected chi connectivity index (χ1v) is 12.1. The molecule has 11 heteroatoms. The van der Waals surface area contributed by atoms with Gasteiger partial charge in [-0.15, -0.1) is 11.3 Å². The number of hydrogen-bond donors (Lipinski definition) is 0. The molecule has 0 aliphatic carbocycles. The Hall–Kier alpha value is -3.23. The van der Waals surface area contributed by atoms with E-state index in [2.05, 4.69) is 17.7 Å². The molecule has 164 valence electrons. The SMILES string of the molecule is C=CC(=O)N1Cc2sc(C#N)cc2[Si@@H]1c1cccc(F)c1-c1cn(CC)nc1C(F)(F)F. The lowest BCUT2D eigenvalue weighted by atomic mass is 10.1. The molecule has 2 aromatic heterocycles. The third-order valence-corrected chi connectivity index (χ3v) is 9.78. The molecule has 0 unspecified atom stereocenters. The maximum Gasteiger partial charge on any atom is 0.435 e. The van der Waals surface area contributed by atoms with Crippen molar-refractivity contribution in [3.05, 3.63) is 64.4 Å². The lowest BCUT2D eigenvalue weighted by molar-refractivity contribution is -0.141. The van der Waals surface area contributed by atoms with Gasteiger partial charge in [0.05, 0.1) is 0 Å². The fourth-order valence-corrected chi connectivity index (χ4v) is 8.91. The van der Waals surface area contributed by atoms with Gasteiger partial charge in [-0.05, 0) is 35.5 Å². The summed E-state index contributed by atoms with van der Waals surface area (Å²) in [6, 6.07) is 7.80. The molecule has 3 heterocycles. The summed E-state index contributed by atoms with van der Waals surface area (Å²) in [5.41, 5.74) is -1.76. The van der Waals surface area contributed by atoms with Crippen LogP contribution in [0.15, 0.2) is 43.1 Å². The third kappa shape index (κ3) is 3.55. The molecule has 1 aliphatic rings. The van der Waals surface area contributed by atoms with Gasteiger partial charge in [0, 0.05) is 35.3 Å². The molecule has 3 aromatic rings. The minimum Gasteiger partial charge on any atom is -0.355 e. The van der Waals surface area contributed by atoms with Crippen LogP contribution < -0.4 is 10.4 Å². The number of rotatable bonds is 4. The number of amides is 1. The van der Waals surface area contributed by atoms with Gasteiger partial charge in [0.2, 0.25) is 14.9 Å². The Kier molecular flexibility index (Phi) is 5.52. The molecule has 0 fully saturated rings. The first-order chi connectivity index (χ1) is 15.2. The van der Waals surface area contributed by atoms with E-state index in [0.717, 1.165) is 26.9 Å². The van der Waals surface area contributed by atoms with Crippen LogP contribution in [0.2, 0.25) is 0 Å². The number of hydrogen-bond acceptors (Lipinski definition) is 4. The van der Waals surface area contributed by atoms with E-state index < -0.39 is 26.6 Å². The van der Waals surface area contributed by atoms with Crippen LogP contribution in [0.3, 0.4) is 0 Å². The van der Waals surface area contributed by atoms with Gasteiger partial charge in [-0.2, -0.15) is 23.5 Å². The molecule has 1 aliphatic heterocycles. The van der Waals surface area contributed by atoms with Gasteiger partial charge in [-0.3, -0.25) is 9.48 Å². The normalized spacial score (nSPS) is 15.5. The average molecular weight is 477 g/mol. The van der Waals surface area contributed by atoms with Crippen LogP contribution in [-0.2, 0) is 24.1 Å². The first-order valence-electron chi connectivity index (χ1n) is 9.58. The van der Waals surface area contributed by atoms with Crippen molar-refractivity contribution in [1.82, 2.24) is 14.3 Å². The van der Waals surface area contributed by atoms with E-state index >= 15 is 4.39 Å². The van der Waals surface area contributed by atoms with Crippen LogP contribution in [0.1, 0.15) is 22.4 Å². The molecule has 32 heavy (non-hydrogen) atoms. The van der Waals surface area contributed by atoms with Gasteiger partial charge in [0.15, 0.2) is 5.69 Å². The Labute approximate surface area is 186 Å². The topological polar surface area (TPSA) is 61.9 Å². The number of alkyl halides is 3. The second kappa shape index (κ2) is 8.03. The van der Waals surface area contributed by atoms with Crippen molar-refractivity contribution in [3.63, 3.8) is 0 Å². The second-order valence-corrected chi connectivity index (χ2v) is 10.9. The highest BCUT2D eigenvalue weighted by molar-refractivity contribution is 7.15. The van der Waals surface area contributed by atoms with Crippen LogP contribution >= 0.6 is 11.3 Å². The zero-order valence-electron chi connectivity index (χ0n) is 16.8. The van der Waals surface area contributed by atoms with Crippen LogP contribution in [0.5, 0.6) is 0 Å². The summed E-state index contributed by atoms with van der Waals surface area (Å²) in [4.78, 5) is 13.8. The minimum absolute atomic E-state index is 0.176. The zero-order chi connectivity index (χ0) is 23.2. The summed E-state index contributed by atoms with van der Waals surface area (Å²) in [7, 11) is -2.70. The highest BCUT2D eigenvalue weighted by Gasteiger charge is 2.42. The van der Waals surface area contributed by atoms with Crippen LogP contribution in [0.4, 0.5) is 17.6 Å². The summed E-state index contributed by atoms with van der Waals surface area (Å²) >= 11 is 1.23. The van der Waals surface area contributed by atoms with E-state index in [9.17, 15) is 23.2 Å². The quantitative estimate of drug-likeness (QED) is 0.330. The molecule has 0 radical (unpaired) electrons. The number of carbonyl (C=O) groups excluding carboxylic acids is 1. The van der Waals surface area contributed by atoms with Crippen LogP contribution in [0.25, 0.3) is 11.1 Å². The fourth-order valence-electron chi connectivity index (χ4n) is 3.95. The van der Waals surface area contributed by atoms with Crippen molar-refractivity contribution < 1.29 is 22.4 Å². The van der Waals surface area contributed by atoms with Gasteiger partial charge in [-0.1, -0.05) is 18.7 Å². The van der Waals surface area contributed by atoms with E-state index in [1.165, 1.54) is 23.6 Å². The average Bonchev–Trinajstić information content (AvgIpc) is 3.44. The molecule has 0 saturated heterocycles. The van der Waals surface area contributed by atoms with Gasteiger partial charge in [-0.25, -0.2) is 4.39 Å². The Bertz CT molecular complexity index is 1270. The Balaban J connectivity index is 1.99. The smallest absolute Gasteiger partial charge is 0.355 e. The summed E-state index contributed by atoms with van der Waals surface area (Å²) in [5.74, 6) is -1.22. The third-order valence-electron chi connectivity index (χ3n) is 5.29. The van der Waals surface area contributed by atoms with Crippen molar-refractivity contribution in [2.75, 3.05) is 0 Å². The number of aromatic nitrogens is 2. The van der Waals surface area contributed by atoms with Gasteiger partial charge in [0.25, 0.3) is 0 Å². The number of nitriles is 1. The van der Waals surface area contributed by atoms with Crippen LogP contribution in [0, 0.1) is 17.1 Å². The number of benzene rings is 1. The summed E-state index contributed by atoms with van der Waals surface area (Å²) < 4.78 is 59.1. The molecular weight excluding hydrogens is 460 g/mol. The minimum atomic E-state index is -4.79. The first kappa shape index (κ1) is 22.0. The van der Waals surface area contributed by atoms with Crippen LogP contribution in [-0.4, -0.2) is 29.2 Å². The highest BCUT2D eigenvalue weighted by atomic mass is 32.1. The molecule has 5 nitrogen and oxygen atoms in total. The monoisotopic (exact) mass is 476 g/mol. The van der Waals surface area contributed by atoms with Gasteiger partial charge >= 0.3 is 6.18 Å². The van der Waals surface area contributed by atoms with E-state index in [-0.39, 0.29) is 30.1 Å². The van der Waals surface area contributed by atoms with Crippen molar-refractivity contribution >= 4 is 36.6 Å². The largest absolute Gasteiger partial charge is 0.435 e. The predicted molar refractivity (Wildman–Crippen MR) is 114 cm³/mol. The standard InChI is InChI=1S/C21H16F4N4OSSi/c1-3-18(30)29-11-15-17(8-12(9-26)31-15)32(29)16-7-5-6-14(22)19(16)13-10-28(4-2)27-20(13)21(23,24)25/h3,5-8,10,32H,1,4,11H2,2H3/t32-/m0/s1. The number of aryl methyl sites for hydroxylation is 1. The number of carbonyl (C=O) groups is 1. The summed E-state index contributed by atoms with van der Waals surface area (Å²) in [6.45, 7) is 5.54. The lowest BCUT2D eigenvalue weighted by Crippen LogP contribution is -2.53. The number of halogens is 4. The molecular formula is C21H16F4N4OSSi. The van der Waals surface area contributed by atoms with Gasteiger partial charge < -0.3 is 4.57 Å². The summed E-state index contributed by atoms with van der Waals surface area (Å²) in [6.07, 6.45) is -2.47. The fraction of sp³-hybridized carbons (Fsp3) is 0.190. The molecule has 0 bridgehead atoms. The lowest BCUT2D eigenvalue weighted by Gasteiger charge is -2.25. The number of fused-ring (bicyclic) bond motifs is 1. The molecule has 0 saturated carbocycles. The highest BCUT2D eigenvalue weighted by Crippen LogP contribution is 2.37. The Morgan fingerprint density at radius 1 is 1.41 bits per heavy atom.